The summed E-state index contributed by atoms with van der Waals surface area (Å²) in [7, 11) is 0. The number of hydrogen-bond acceptors (Lipinski definition) is 1. The molecule has 0 aromatic carbocycles. The first kappa shape index (κ1) is 9.57. The maximum absolute atomic E-state index is 4.13. The Morgan fingerprint density at radius 1 is 1.43 bits per heavy atom. The number of nitrogens with zero attached hydrogens (tertiary/aromatic N) is 1. The molecule has 0 spiro atoms. The summed E-state index contributed by atoms with van der Waals surface area (Å²) in [5.74, 6) is 0.703. The molecule has 76 valence electrons. The van der Waals surface area contributed by atoms with Crippen molar-refractivity contribution >= 4 is 0 Å². The molecule has 14 heavy (non-hydrogen) atoms. The summed E-state index contributed by atoms with van der Waals surface area (Å²) in [6.07, 6.45) is 8.99. The van der Waals surface area contributed by atoms with E-state index in [1.807, 2.05) is 0 Å². The van der Waals surface area contributed by atoms with E-state index in [1.165, 1.54) is 18.5 Å². The van der Waals surface area contributed by atoms with Crippen LogP contribution in [0.15, 0.2) is 36.2 Å². The van der Waals surface area contributed by atoms with Crippen molar-refractivity contribution in [2.24, 2.45) is 5.92 Å². The minimum absolute atomic E-state index is 0.377. The van der Waals surface area contributed by atoms with Crippen LogP contribution in [0, 0.1) is 5.92 Å². The van der Waals surface area contributed by atoms with Gasteiger partial charge in [0.25, 0.3) is 0 Å². The average Bonchev–Trinajstić information content (AvgIpc) is 2.85. The summed E-state index contributed by atoms with van der Waals surface area (Å²) in [6, 6.07) is 0. The summed E-state index contributed by atoms with van der Waals surface area (Å²) in [6.45, 7) is 10.9. The molecule has 1 heterocycles. The van der Waals surface area contributed by atoms with Crippen molar-refractivity contribution in [3.05, 3.63) is 36.2 Å². The lowest BCUT2D eigenvalue weighted by atomic mass is 9.97. The Kier molecular flexibility index (Phi) is 2.06. The lowest BCUT2D eigenvalue weighted by Crippen LogP contribution is -2.39. The van der Waals surface area contributed by atoms with Crippen LogP contribution in [0.1, 0.15) is 33.6 Å². The Labute approximate surface area is 86.8 Å². The fraction of sp³-hybridized carbons (Fsp3) is 0.538. The fourth-order valence-corrected chi connectivity index (χ4v) is 2.50. The van der Waals surface area contributed by atoms with Gasteiger partial charge in [-0.2, -0.15) is 0 Å². The van der Waals surface area contributed by atoms with Crippen LogP contribution in [0.25, 0.3) is 0 Å². The van der Waals surface area contributed by atoms with Crippen LogP contribution in [-0.4, -0.2) is 10.4 Å². The highest BCUT2D eigenvalue weighted by Gasteiger charge is 2.51. The van der Waals surface area contributed by atoms with Crippen molar-refractivity contribution < 1.29 is 0 Å². The molecule has 1 fully saturated rings. The van der Waals surface area contributed by atoms with E-state index in [-0.39, 0.29) is 0 Å². The zero-order chi connectivity index (χ0) is 10.3. The maximum atomic E-state index is 4.13. The Hall–Kier alpha value is -0.980. The molecule has 0 saturated heterocycles. The minimum Gasteiger partial charge on any atom is -0.340 e. The van der Waals surface area contributed by atoms with E-state index in [0.29, 0.717) is 11.5 Å². The third kappa shape index (κ3) is 1.23. The molecule has 1 saturated carbocycles. The highest BCUT2D eigenvalue weighted by molar-refractivity contribution is 5.34. The van der Waals surface area contributed by atoms with Crippen molar-refractivity contribution in [3.8, 4) is 0 Å². The summed E-state index contributed by atoms with van der Waals surface area (Å²) in [5, 5.41) is 0. The second-order valence-corrected chi connectivity index (χ2v) is 4.75. The Balaban J connectivity index is 2.30. The quantitative estimate of drug-likeness (QED) is 0.643. The molecular formula is C13H19N. The summed E-state index contributed by atoms with van der Waals surface area (Å²) >= 11 is 0. The summed E-state index contributed by atoms with van der Waals surface area (Å²) in [5.41, 5.74) is 2.86. The van der Waals surface area contributed by atoms with Gasteiger partial charge in [-0.25, -0.2) is 0 Å². The molecule has 0 amide bonds. The molecule has 2 aliphatic rings. The molecule has 0 aromatic rings. The molecule has 0 radical (unpaired) electrons. The van der Waals surface area contributed by atoms with Gasteiger partial charge in [-0.1, -0.05) is 26.5 Å². The first-order valence-electron chi connectivity index (χ1n) is 5.42. The lowest BCUT2D eigenvalue weighted by Gasteiger charge is -2.39. The first-order chi connectivity index (χ1) is 6.58. The van der Waals surface area contributed by atoms with E-state index in [4.69, 9.17) is 0 Å². The molecular weight excluding hydrogens is 170 g/mol. The van der Waals surface area contributed by atoms with E-state index in [0.717, 1.165) is 5.70 Å². The third-order valence-electron chi connectivity index (χ3n) is 3.55. The second kappa shape index (κ2) is 3.01. The van der Waals surface area contributed by atoms with Gasteiger partial charge in [-0.15, -0.1) is 0 Å². The molecule has 0 atom stereocenters. The normalized spacial score (nSPS) is 24.1. The smallest absolute Gasteiger partial charge is 0.0472 e. The van der Waals surface area contributed by atoms with Crippen molar-refractivity contribution in [1.82, 2.24) is 4.90 Å². The largest absolute Gasteiger partial charge is 0.340 e. The number of rotatable bonds is 2. The molecule has 1 heteroatoms. The van der Waals surface area contributed by atoms with Crippen molar-refractivity contribution in [3.63, 3.8) is 0 Å². The van der Waals surface area contributed by atoms with Crippen molar-refractivity contribution in [2.75, 3.05) is 0 Å². The van der Waals surface area contributed by atoms with Crippen molar-refractivity contribution in [1.29, 1.82) is 0 Å². The predicted molar refractivity (Wildman–Crippen MR) is 60.7 cm³/mol. The van der Waals surface area contributed by atoms with Crippen LogP contribution >= 0.6 is 0 Å². The minimum atomic E-state index is 0.377. The van der Waals surface area contributed by atoms with Crippen LogP contribution in [0.3, 0.4) is 0 Å². The standard InChI is InChI=1S/C13H19N/c1-10(2)13(8-9-13)14-11(3)6-5-7-12(14)4/h5-7,10H,3,8-9H2,1-2,4H3. The third-order valence-corrected chi connectivity index (χ3v) is 3.55. The van der Waals surface area contributed by atoms with Gasteiger partial charge in [0.15, 0.2) is 0 Å². The van der Waals surface area contributed by atoms with Crippen LogP contribution in [0.2, 0.25) is 0 Å². The van der Waals surface area contributed by atoms with E-state index in [2.05, 4.69) is 50.5 Å². The Morgan fingerprint density at radius 3 is 2.50 bits per heavy atom. The Bertz CT molecular complexity index is 316. The van der Waals surface area contributed by atoms with Crippen LogP contribution in [0.4, 0.5) is 0 Å². The molecule has 0 unspecified atom stereocenters. The molecule has 0 N–H and O–H groups in total. The number of allylic oxidation sites excluding steroid dienone is 4. The number of hydrogen-bond donors (Lipinski definition) is 0. The van der Waals surface area contributed by atoms with Crippen LogP contribution < -0.4 is 0 Å². The van der Waals surface area contributed by atoms with Gasteiger partial charge in [0.05, 0.1) is 0 Å². The Morgan fingerprint density at radius 2 is 2.07 bits per heavy atom. The second-order valence-electron chi connectivity index (χ2n) is 4.75. The summed E-state index contributed by atoms with van der Waals surface area (Å²) < 4.78 is 0. The van der Waals surface area contributed by atoms with Gasteiger partial charge >= 0.3 is 0 Å². The average molecular weight is 189 g/mol. The monoisotopic (exact) mass is 189 g/mol. The molecule has 2 rings (SSSR count). The first-order valence-corrected chi connectivity index (χ1v) is 5.42. The van der Waals surface area contributed by atoms with Gasteiger partial charge in [-0.05, 0) is 37.8 Å². The van der Waals surface area contributed by atoms with Gasteiger partial charge < -0.3 is 4.90 Å². The highest BCUT2D eigenvalue weighted by atomic mass is 15.3. The highest BCUT2D eigenvalue weighted by Crippen LogP contribution is 2.51. The lowest BCUT2D eigenvalue weighted by molar-refractivity contribution is 0.229. The van der Waals surface area contributed by atoms with Gasteiger partial charge in [0.2, 0.25) is 0 Å². The van der Waals surface area contributed by atoms with Crippen molar-refractivity contribution in [2.45, 2.75) is 39.2 Å². The van der Waals surface area contributed by atoms with E-state index in [9.17, 15) is 0 Å². The van der Waals surface area contributed by atoms with E-state index >= 15 is 0 Å². The summed E-state index contributed by atoms with van der Waals surface area (Å²) in [4.78, 5) is 2.43. The van der Waals surface area contributed by atoms with Gasteiger partial charge in [0, 0.05) is 16.9 Å². The molecule has 1 nitrogen and oxygen atoms in total. The van der Waals surface area contributed by atoms with Gasteiger partial charge in [-0.3, -0.25) is 0 Å². The van der Waals surface area contributed by atoms with E-state index in [1.54, 1.807) is 0 Å². The molecule has 0 bridgehead atoms. The van der Waals surface area contributed by atoms with E-state index < -0.39 is 0 Å². The SMILES string of the molecule is C=C1C=CC=C(C)N1C1(C(C)C)CC1. The molecule has 1 aliphatic carbocycles. The topological polar surface area (TPSA) is 3.24 Å². The predicted octanol–water partition coefficient (Wildman–Crippen LogP) is 3.46. The zero-order valence-electron chi connectivity index (χ0n) is 9.38. The zero-order valence-corrected chi connectivity index (χ0v) is 9.38. The maximum Gasteiger partial charge on any atom is 0.0472 e. The van der Waals surface area contributed by atoms with Gasteiger partial charge in [0.1, 0.15) is 0 Å². The fourth-order valence-electron chi connectivity index (χ4n) is 2.50. The molecule has 1 aliphatic heterocycles. The molecule has 0 aromatic heterocycles. The van der Waals surface area contributed by atoms with Crippen LogP contribution in [0.5, 0.6) is 0 Å². The van der Waals surface area contributed by atoms with Crippen LogP contribution in [-0.2, 0) is 0 Å².